The van der Waals surface area contributed by atoms with Crippen LogP contribution in [0.4, 0.5) is 13.2 Å². The number of rotatable bonds is 5. The number of nitrogens with one attached hydrogen (secondary N) is 1. The first-order valence-corrected chi connectivity index (χ1v) is 7.34. The Morgan fingerprint density at radius 1 is 1.41 bits per heavy atom. The van der Waals surface area contributed by atoms with Gasteiger partial charge in [0.2, 0.25) is 15.9 Å². The Bertz CT molecular complexity index is 696. The van der Waals surface area contributed by atoms with Gasteiger partial charge in [0.1, 0.15) is 6.54 Å². The van der Waals surface area contributed by atoms with Crippen molar-refractivity contribution in [1.82, 2.24) is 9.62 Å². The molecule has 22 heavy (non-hydrogen) atoms. The molecule has 10 heteroatoms. The molecule has 6 nitrogen and oxygen atoms in total. The van der Waals surface area contributed by atoms with Crippen LogP contribution >= 0.6 is 0 Å². The first-order chi connectivity index (χ1) is 10.1. The Labute approximate surface area is 125 Å². The van der Waals surface area contributed by atoms with Crippen molar-refractivity contribution in [2.45, 2.75) is 11.1 Å². The Morgan fingerprint density at radius 2 is 2.05 bits per heavy atom. The fraction of sp³-hybridized carbons (Fsp3) is 0.333. The van der Waals surface area contributed by atoms with Gasteiger partial charge in [-0.15, -0.1) is 0 Å². The van der Waals surface area contributed by atoms with Gasteiger partial charge in [-0.2, -0.15) is 18.4 Å². The second-order valence-corrected chi connectivity index (χ2v) is 6.03. The number of benzene rings is 1. The molecule has 0 radical (unpaired) electrons. The Hall–Kier alpha value is -2.12. The second kappa shape index (κ2) is 6.76. The molecule has 0 bridgehead atoms. The van der Waals surface area contributed by atoms with Crippen molar-refractivity contribution in [2.75, 3.05) is 20.1 Å². The topological polar surface area (TPSA) is 90.3 Å². The number of carbonyl (C=O) groups is 1. The van der Waals surface area contributed by atoms with Gasteiger partial charge in [-0.1, -0.05) is 6.07 Å². The van der Waals surface area contributed by atoms with Gasteiger partial charge in [-0.3, -0.25) is 4.79 Å². The van der Waals surface area contributed by atoms with Gasteiger partial charge in [-0.05, 0) is 18.2 Å². The lowest BCUT2D eigenvalue weighted by molar-refractivity contribution is -0.137. The molecule has 0 fully saturated rings. The van der Waals surface area contributed by atoms with Gasteiger partial charge >= 0.3 is 6.18 Å². The molecule has 0 saturated carbocycles. The fourth-order valence-corrected chi connectivity index (χ4v) is 2.43. The molecule has 1 rings (SSSR count). The van der Waals surface area contributed by atoms with Crippen molar-refractivity contribution >= 4 is 15.9 Å². The van der Waals surface area contributed by atoms with Gasteiger partial charge in [0.25, 0.3) is 0 Å². The van der Waals surface area contributed by atoms with Crippen LogP contribution in [-0.2, 0) is 21.0 Å². The number of sulfonamides is 1. The van der Waals surface area contributed by atoms with Gasteiger partial charge in [-0.25, -0.2) is 13.1 Å². The summed E-state index contributed by atoms with van der Waals surface area (Å²) in [5.74, 6) is -0.683. The summed E-state index contributed by atoms with van der Waals surface area (Å²) in [4.78, 5) is 11.9. The van der Waals surface area contributed by atoms with Gasteiger partial charge in [0.15, 0.2) is 0 Å². The first-order valence-electron chi connectivity index (χ1n) is 5.86. The molecule has 1 aromatic rings. The highest BCUT2D eigenvalue weighted by Crippen LogP contribution is 2.30. The average molecular weight is 335 g/mol. The van der Waals surface area contributed by atoms with Crippen molar-refractivity contribution in [2.24, 2.45) is 0 Å². The number of carbonyl (C=O) groups excluding carboxylic acids is 1. The standard InChI is InChI=1S/C12H12F3N3O3S/c1-18(6-5-16)11(19)8-17-22(20,21)10-4-2-3-9(7-10)12(13,14)15/h2-4,7,17H,6,8H2,1H3. The predicted molar refractivity (Wildman–Crippen MR) is 69.9 cm³/mol. The van der Waals surface area contributed by atoms with Crippen LogP contribution in [0.15, 0.2) is 29.2 Å². The zero-order chi connectivity index (χ0) is 17.0. The highest BCUT2D eigenvalue weighted by molar-refractivity contribution is 7.89. The number of nitriles is 1. The van der Waals surface area contributed by atoms with Crippen molar-refractivity contribution < 1.29 is 26.4 Å². The lowest BCUT2D eigenvalue weighted by Crippen LogP contribution is -2.38. The number of alkyl halides is 3. The van der Waals surface area contributed by atoms with Crippen LogP contribution in [-0.4, -0.2) is 39.4 Å². The smallest absolute Gasteiger partial charge is 0.331 e. The van der Waals surface area contributed by atoms with Crippen LogP contribution in [0.2, 0.25) is 0 Å². The first kappa shape index (κ1) is 17.9. The summed E-state index contributed by atoms with van der Waals surface area (Å²) in [6.45, 7) is -0.888. The van der Waals surface area contributed by atoms with E-state index in [-0.39, 0.29) is 6.54 Å². The second-order valence-electron chi connectivity index (χ2n) is 4.26. The molecule has 0 unspecified atom stereocenters. The van der Waals surface area contributed by atoms with Crippen LogP contribution in [0.5, 0.6) is 0 Å². The maximum Gasteiger partial charge on any atom is 0.416 e. The minimum absolute atomic E-state index is 0.232. The molecule has 0 aromatic heterocycles. The van der Waals surface area contributed by atoms with E-state index in [1.54, 1.807) is 6.07 Å². The molecule has 120 valence electrons. The molecule has 0 aliphatic carbocycles. The van der Waals surface area contributed by atoms with E-state index in [2.05, 4.69) is 0 Å². The maximum atomic E-state index is 12.6. The molecule has 1 aromatic carbocycles. The van der Waals surface area contributed by atoms with E-state index in [0.717, 1.165) is 23.1 Å². The van der Waals surface area contributed by atoms with Crippen molar-refractivity contribution in [3.8, 4) is 6.07 Å². The molecular formula is C12H12F3N3O3S. The minimum atomic E-state index is -4.67. The Balaban J connectivity index is 2.88. The summed E-state index contributed by atoms with van der Waals surface area (Å²) in [6, 6.07) is 4.87. The molecule has 1 amide bonds. The summed E-state index contributed by atoms with van der Waals surface area (Å²) in [5, 5.41) is 8.41. The number of likely N-dealkylation sites (N-methyl/N-ethyl adjacent to an activating group) is 1. The third-order valence-corrected chi connectivity index (χ3v) is 4.02. The van der Waals surface area contributed by atoms with Gasteiger partial charge in [0.05, 0.1) is 23.1 Å². The lowest BCUT2D eigenvalue weighted by atomic mass is 10.2. The monoisotopic (exact) mass is 335 g/mol. The highest BCUT2D eigenvalue weighted by atomic mass is 32.2. The van der Waals surface area contributed by atoms with E-state index in [4.69, 9.17) is 5.26 Å². The third kappa shape index (κ3) is 4.71. The number of hydrogen-bond acceptors (Lipinski definition) is 4. The van der Waals surface area contributed by atoms with Crippen LogP contribution in [0, 0.1) is 11.3 Å². The van der Waals surface area contributed by atoms with E-state index >= 15 is 0 Å². The molecule has 0 spiro atoms. The molecular weight excluding hydrogens is 323 g/mol. The van der Waals surface area contributed by atoms with Crippen molar-refractivity contribution in [3.63, 3.8) is 0 Å². The third-order valence-electron chi connectivity index (χ3n) is 2.62. The van der Waals surface area contributed by atoms with E-state index in [9.17, 15) is 26.4 Å². The molecule has 1 N–H and O–H groups in total. The highest BCUT2D eigenvalue weighted by Gasteiger charge is 2.31. The van der Waals surface area contributed by atoms with Crippen LogP contribution in [0.25, 0.3) is 0 Å². The van der Waals surface area contributed by atoms with E-state index in [1.807, 2.05) is 4.72 Å². The molecule has 0 aliphatic heterocycles. The SMILES string of the molecule is CN(CC#N)C(=O)CNS(=O)(=O)c1cccc(C(F)(F)F)c1. The van der Waals surface area contributed by atoms with Crippen molar-refractivity contribution in [3.05, 3.63) is 29.8 Å². The zero-order valence-electron chi connectivity index (χ0n) is 11.4. The van der Waals surface area contributed by atoms with Crippen LogP contribution < -0.4 is 4.72 Å². The summed E-state index contributed by atoms with van der Waals surface area (Å²) in [7, 11) is -2.97. The minimum Gasteiger partial charge on any atom is -0.331 e. The Morgan fingerprint density at radius 3 is 2.59 bits per heavy atom. The predicted octanol–water partition coefficient (Wildman–Crippen LogP) is 0.966. The maximum absolute atomic E-state index is 12.6. The van der Waals surface area contributed by atoms with Crippen LogP contribution in [0.3, 0.4) is 0 Å². The van der Waals surface area contributed by atoms with Crippen molar-refractivity contribution in [1.29, 1.82) is 5.26 Å². The summed E-state index contributed by atoms with van der Waals surface area (Å²) in [5.41, 5.74) is -1.11. The normalized spacial score (nSPS) is 11.8. The molecule has 0 atom stereocenters. The number of halogens is 3. The van der Waals surface area contributed by atoms with Gasteiger partial charge < -0.3 is 4.90 Å². The lowest BCUT2D eigenvalue weighted by Gasteiger charge is -2.14. The number of amides is 1. The van der Waals surface area contributed by atoms with E-state index in [0.29, 0.717) is 6.07 Å². The quantitative estimate of drug-likeness (QED) is 0.812. The average Bonchev–Trinajstić information content (AvgIpc) is 2.44. The molecule has 0 saturated heterocycles. The summed E-state index contributed by atoms with van der Waals surface area (Å²) < 4.78 is 63.3. The molecule has 0 heterocycles. The summed E-state index contributed by atoms with van der Waals surface area (Å²) in [6.07, 6.45) is -4.67. The van der Waals surface area contributed by atoms with E-state index < -0.39 is 39.1 Å². The van der Waals surface area contributed by atoms with Crippen LogP contribution in [0.1, 0.15) is 5.56 Å². The largest absolute Gasteiger partial charge is 0.416 e. The Kier molecular flexibility index (Phi) is 5.51. The van der Waals surface area contributed by atoms with Gasteiger partial charge in [0, 0.05) is 7.05 Å². The van der Waals surface area contributed by atoms with E-state index in [1.165, 1.54) is 7.05 Å². The number of nitrogens with zero attached hydrogens (tertiary/aromatic N) is 2. The molecule has 0 aliphatic rings. The number of hydrogen-bond donors (Lipinski definition) is 1. The summed E-state index contributed by atoms with van der Waals surface area (Å²) >= 11 is 0. The zero-order valence-corrected chi connectivity index (χ0v) is 12.2. The fourth-order valence-electron chi connectivity index (χ4n) is 1.41.